The summed E-state index contributed by atoms with van der Waals surface area (Å²) in [5, 5.41) is 19.2. The Labute approximate surface area is 117 Å². The van der Waals surface area contributed by atoms with E-state index >= 15 is 0 Å². The standard InChI is InChI=1S/C12H19N5O3/c1-3-5-15-12(18)4-6-14-11-8-9(17(19)20)7-10(13-2)16-11/h7-8H,3-6H2,1-2H3,(H,15,18)(H2,13,14,16). The van der Waals surface area contributed by atoms with Crippen molar-refractivity contribution in [1.29, 1.82) is 0 Å². The molecule has 0 saturated carbocycles. The molecule has 0 spiro atoms. The van der Waals surface area contributed by atoms with Crippen molar-refractivity contribution >= 4 is 23.2 Å². The molecule has 1 rings (SSSR count). The minimum atomic E-state index is -0.484. The van der Waals surface area contributed by atoms with Gasteiger partial charge in [0.05, 0.1) is 17.1 Å². The molecule has 0 radical (unpaired) electrons. The quantitative estimate of drug-likeness (QED) is 0.490. The van der Waals surface area contributed by atoms with Gasteiger partial charge in [0.2, 0.25) is 5.91 Å². The molecule has 3 N–H and O–H groups in total. The second-order valence-corrected chi connectivity index (χ2v) is 4.13. The highest BCUT2D eigenvalue weighted by atomic mass is 16.6. The number of nitro groups is 1. The summed E-state index contributed by atoms with van der Waals surface area (Å²) in [6, 6.07) is 2.68. The smallest absolute Gasteiger partial charge is 0.276 e. The SMILES string of the molecule is CCCNC(=O)CCNc1cc([N+](=O)[O-])cc(NC)n1. The zero-order valence-electron chi connectivity index (χ0n) is 11.6. The molecule has 1 heterocycles. The second-order valence-electron chi connectivity index (χ2n) is 4.13. The average molecular weight is 281 g/mol. The van der Waals surface area contributed by atoms with Crippen LogP contribution in [0.2, 0.25) is 0 Å². The first-order chi connectivity index (χ1) is 9.56. The molecular formula is C12H19N5O3. The summed E-state index contributed by atoms with van der Waals surface area (Å²) >= 11 is 0. The van der Waals surface area contributed by atoms with E-state index < -0.39 is 4.92 Å². The fourth-order valence-electron chi connectivity index (χ4n) is 1.50. The van der Waals surface area contributed by atoms with E-state index in [1.165, 1.54) is 12.1 Å². The monoisotopic (exact) mass is 281 g/mol. The molecule has 0 aromatic carbocycles. The van der Waals surface area contributed by atoms with E-state index in [9.17, 15) is 14.9 Å². The predicted molar refractivity (Wildman–Crippen MR) is 76.8 cm³/mol. The van der Waals surface area contributed by atoms with Gasteiger partial charge in [-0.2, -0.15) is 0 Å². The van der Waals surface area contributed by atoms with E-state index in [4.69, 9.17) is 0 Å². The molecule has 0 bridgehead atoms. The Morgan fingerprint density at radius 2 is 2.05 bits per heavy atom. The first-order valence-electron chi connectivity index (χ1n) is 6.41. The van der Waals surface area contributed by atoms with Gasteiger partial charge in [0, 0.05) is 26.6 Å². The van der Waals surface area contributed by atoms with Crippen molar-refractivity contribution in [2.24, 2.45) is 0 Å². The Morgan fingerprint density at radius 3 is 2.65 bits per heavy atom. The van der Waals surface area contributed by atoms with E-state index in [1.54, 1.807) is 7.05 Å². The lowest BCUT2D eigenvalue weighted by molar-refractivity contribution is -0.384. The molecule has 8 heteroatoms. The highest BCUT2D eigenvalue weighted by Crippen LogP contribution is 2.20. The zero-order valence-corrected chi connectivity index (χ0v) is 11.6. The third-order valence-corrected chi connectivity index (χ3v) is 2.51. The van der Waals surface area contributed by atoms with Crippen LogP contribution in [0.25, 0.3) is 0 Å². The molecule has 0 atom stereocenters. The summed E-state index contributed by atoms with van der Waals surface area (Å²) in [5.74, 6) is 0.711. The number of nitrogens with one attached hydrogen (secondary N) is 3. The highest BCUT2D eigenvalue weighted by Gasteiger charge is 2.10. The van der Waals surface area contributed by atoms with Crippen LogP contribution < -0.4 is 16.0 Å². The van der Waals surface area contributed by atoms with Gasteiger partial charge in [-0.25, -0.2) is 4.98 Å². The Bertz CT molecular complexity index is 478. The number of nitrogens with zero attached hydrogens (tertiary/aromatic N) is 2. The van der Waals surface area contributed by atoms with Crippen molar-refractivity contribution in [3.05, 3.63) is 22.2 Å². The van der Waals surface area contributed by atoms with E-state index in [0.717, 1.165) is 6.42 Å². The number of carbonyl (C=O) groups excluding carboxylic acids is 1. The molecular weight excluding hydrogens is 262 g/mol. The first kappa shape index (κ1) is 15.7. The lowest BCUT2D eigenvalue weighted by atomic mass is 10.3. The van der Waals surface area contributed by atoms with Crippen LogP contribution in [0.4, 0.5) is 17.3 Å². The molecule has 110 valence electrons. The van der Waals surface area contributed by atoms with Gasteiger partial charge in [-0.15, -0.1) is 0 Å². The van der Waals surface area contributed by atoms with Crippen LogP contribution in [0.1, 0.15) is 19.8 Å². The third-order valence-electron chi connectivity index (χ3n) is 2.51. The van der Waals surface area contributed by atoms with Crippen molar-refractivity contribution in [1.82, 2.24) is 10.3 Å². The van der Waals surface area contributed by atoms with Crippen LogP contribution in [0.15, 0.2) is 12.1 Å². The number of aromatic nitrogens is 1. The highest BCUT2D eigenvalue weighted by molar-refractivity contribution is 5.76. The number of rotatable bonds is 8. The van der Waals surface area contributed by atoms with Crippen LogP contribution in [-0.2, 0) is 4.79 Å². The van der Waals surface area contributed by atoms with Gasteiger partial charge in [0.15, 0.2) is 0 Å². The van der Waals surface area contributed by atoms with E-state index in [-0.39, 0.29) is 11.6 Å². The maximum atomic E-state index is 11.4. The van der Waals surface area contributed by atoms with E-state index in [0.29, 0.717) is 31.1 Å². The Morgan fingerprint density at radius 1 is 1.35 bits per heavy atom. The summed E-state index contributed by atoms with van der Waals surface area (Å²) in [5.41, 5.74) is -0.0534. The molecule has 8 nitrogen and oxygen atoms in total. The van der Waals surface area contributed by atoms with Crippen molar-refractivity contribution in [2.45, 2.75) is 19.8 Å². The van der Waals surface area contributed by atoms with Crippen molar-refractivity contribution < 1.29 is 9.72 Å². The number of hydrogen-bond acceptors (Lipinski definition) is 6. The second kappa shape index (κ2) is 7.93. The molecule has 0 aliphatic heterocycles. The summed E-state index contributed by atoms with van der Waals surface area (Å²) in [7, 11) is 1.63. The number of hydrogen-bond donors (Lipinski definition) is 3. The van der Waals surface area contributed by atoms with E-state index in [1.807, 2.05) is 6.92 Å². The zero-order chi connectivity index (χ0) is 15.0. The fourth-order valence-corrected chi connectivity index (χ4v) is 1.50. The van der Waals surface area contributed by atoms with Gasteiger partial charge in [0.25, 0.3) is 5.69 Å². The molecule has 20 heavy (non-hydrogen) atoms. The van der Waals surface area contributed by atoms with Crippen LogP contribution in [-0.4, -0.2) is 36.0 Å². The van der Waals surface area contributed by atoms with Crippen LogP contribution in [0.5, 0.6) is 0 Å². The summed E-state index contributed by atoms with van der Waals surface area (Å²) in [6.07, 6.45) is 1.18. The largest absolute Gasteiger partial charge is 0.373 e. The molecule has 0 fully saturated rings. The van der Waals surface area contributed by atoms with Gasteiger partial charge in [-0.1, -0.05) is 6.92 Å². The predicted octanol–water partition coefficient (Wildman–Crippen LogP) is 1.36. The number of pyridine rings is 1. The minimum Gasteiger partial charge on any atom is -0.373 e. The number of amides is 1. The molecule has 0 aliphatic rings. The van der Waals surface area contributed by atoms with Gasteiger partial charge in [-0.05, 0) is 6.42 Å². The maximum Gasteiger partial charge on any atom is 0.276 e. The molecule has 1 amide bonds. The van der Waals surface area contributed by atoms with Gasteiger partial charge >= 0.3 is 0 Å². The summed E-state index contributed by atoms with van der Waals surface area (Å²) in [6.45, 7) is 3.00. The summed E-state index contributed by atoms with van der Waals surface area (Å²) < 4.78 is 0. The maximum absolute atomic E-state index is 11.4. The topological polar surface area (TPSA) is 109 Å². The Balaban J connectivity index is 2.57. The number of carbonyl (C=O) groups is 1. The summed E-state index contributed by atoms with van der Waals surface area (Å²) in [4.78, 5) is 25.8. The Hall–Kier alpha value is -2.38. The molecule has 1 aromatic heterocycles. The van der Waals surface area contributed by atoms with E-state index in [2.05, 4.69) is 20.9 Å². The lowest BCUT2D eigenvalue weighted by Gasteiger charge is -2.08. The third kappa shape index (κ3) is 5.09. The lowest BCUT2D eigenvalue weighted by Crippen LogP contribution is -2.26. The van der Waals surface area contributed by atoms with Crippen LogP contribution in [0, 0.1) is 10.1 Å². The fraction of sp³-hybridized carbons (Fsp3) is 0.500. The molecule has 1 aromatic rings. The molecule has 0 unspecified atom stereocenters. The average Bonchev–Trinajstić information content (AvgIpc) is 2.44. The van der Waals surface area contributed by atoms with Crippen LogP contribution >= 0.6 is 0 Å². The molecule has 0 saturated heterocycles. The number of anilines is 2. The van der Waals surface area contributed by atoms with Crippen LogP contribution in [0.3, 0.4) is 0 Å². The first-order valence-corrected chi connectivity index (χ1v) is 6.41. The van der Waals surface area contributed by atoms with Gasteiger partial charge in [0.1, 0.15) is 11.6 Å². The van der Waals surface area contributed by atoms with Crippen molar-refractivity contribution in [2.75, 3.05) is 30.8 Å². The van der Waals surface area contributed by atoms with Crippen molar-refractivity contribution in [3.63, 3.8) is 0 Å². The van der Waals surface area contributed by atoms with Crippen molar-refractivity contribution in [3.8, 4) is 0 Å². The molecule has 0 aliphatic carbocycles. The van der Waals surface area contributed by atoms with Gasteiger partial charge < -0.3 is 16.0 Å². The normalized spacial score (nSPS) is 9.90. The Kier molecular flexibility index (Phi) is 6.21. The van der Waals surface area contributed by atoms with Gasteiger partial charge in [-0.3, -0.25) is 14.9 Å². The minimum absolute atomic E-state index is 0.0534.